The van der Waals surface area contributed by atoms with Gasteiger partial charge >= 0.3 is 5.97 Å². The Kier molecular flexibility index (Phi) is 6.96. The average molecular weight is 202 g/mol. The van der Waals surface area contributed by atoms with Gasteiger partial charge < -0.3 is 21.0 Å². The molecule has 0 saturated carbocycles. The van der Waals surface area contributed by atoms with Crippen LogP contribution in [0.1, 0.15) is 26.2 Å². The summed E-state index contributed by atoms with van der Waals surface area (Å²) < 4.78 is 4.93. The van der Waals surface area contributed by atoms with Crippen molar-refractivity contribution < 1.29 is 14.3 Å². The van der Waals surface area contributed by atoms with Gasteiger partial charge in [0.2, 0.25) is 0 Å². The summed E-state index contributed by atoms with van der Waals surface area (Å²) in [6.07, 6.45) is 0.775. The van der Waals surface area contributed by atoms with Crippen LogP contribution in [0.4, 0.5) is 0 Å². The van der Waals surface area contributed by atoms with E-state index in [1.54, 1.807) is 0 Å². The van der Waals surface area contributed by atoms with Crippen LogP contribution in [0.3, 0.4) is 0 Å². The van der Waals surface area contributed by atoms with Gasteiger partial charge in [-0.3, -0.25) is 4.79 Å². The van der Waals surface area contributed by atoms with Crippen LogP contribution >= 0.6 is 0 Å². The maximum Gasteiger partial charge on any atom is 0.306 e. The van der Waals surface area contributed by atoms with E-state index >= 15 is 0 Å². The zero-order chi connectivity index (χ0) is 11.0. The first-order valence-corrected chi connectivity index (χ1v) is 4.69. The smallest absolute Gasteiger partial charge is 0.306 e. The Bertz CT molecular complexity index is 190. The molecular formula is C9H18N2O3. The molecule has 0 atom stereocenters. The fourth-order valence-electron chi connectivity index (χ4n) is 0.919. The fourth-order valence-corrected chi connectivity index (χ4v) is 0.919. The number of rotatable bonds is 7. The molecule has 0 heterocycles. The third kappa shape index (κ3) is 6.56. The van der Waals surface area contributed by atoms with Gasteiger partial charge in [0.25, 0.3) is 0 Å². The summed E-state index contributed by atoms with van der Waals surface area (Å²) in [6.45, 7) is 1.96. The molecule has 0 unspecified atom stereocenters. The summed E-state index contributed by atoms with van der Waals surface area (Å²) in [5.41, 5.74) is 10.6. The zero-order valence-corrected chi connectivity index (χ0v) is 8.49. The number of carbonyl (C=O) groups excluding carboxylic acids is 2. The van der Waals surface area contributed by atoms with Crippen LogP contribution in [-0.2, 0) is 14.3 Å². The van der Waals surface area contributed by atoms with Crippen LogP contribution in [0, 0.1) is 0 Å². The maximum absolute atomic E-state index is 11.1. The maximum atomic E-state index is 11.1. The van der Waals surface area contributed by atoms with E-state index in [1.165, 1.54) is 6.92 Å². The van der Waals surface area contributed by atoms with Crippen molar-refractivity contribution in [1.29, 1.82) is 0 Å². The lowest BCUT2D eigenvalue weighted by Gasteiger charge is -2.13. The quantitative estimate of drug-likeness (QED) is 0.546. The Labute approximate surface area is 83.8 Å². The molecule has 5 heteroatoms. The van der Waals surface area contributed by atoms with Gasteiger partial charge in [-0.25, -0.2) is 0 Å². The minimum Gasteiger partial charge on any atom is -0.460 e. The van der Waals surface area contributed by atoms with E-state index in [1.807, 2.05) is 0 Å². The first kappa shape index (κ1) is 13.1. The molecule has 0 radical (unpaired) electrons. The lowest BCUT2D eigenvalue weighted by molar-refractivity contribution is -0.148. The highest BCUT2D eigenvalue weighted by Crippen LogP contribution is 2.00. The molecule has 0 amide bonds. The van der Waals surface area contributed by atoms with Crippen LogP contribution < -0.4 is 11.5 Å². The largest absolute Gasteiger partial charge is 0.460 e. The van der Waals surface area contributed by atoms with E-state index in [4.69, 9.17) is 16.2 Å². The van der Waals surface area contributed by atoms with Crippen molar-refractivity contribution in [3.8, 4) is 0 Å². The number of carbonyl (C=O) groups is 2. The summed E-state index contributed by atoms with van der Waals surface area (Å²) in [5, 5.41) is 0. The Morgan fingerprint density at radius 3 is 2.21 bits per heavy atom. The van der Waals surface area contributed by atoms with Crippen LogP contribution in [0.5, 0.6) is 0 Å². The highest BCUT2D eigenvalue weighted by atomic mass is 16.5. The third-order valence-electron chi connectivity index (χ3n) is 1.73. The van der Waals surface area contributed by atoms with Gasteiger partial charge in [-0.2, -0.15) is 0 Å². The van der Waals surface area contributed by atoms with Gasteiger partial charge in [0.1, 0.15) is 11.9 Å². The van der Waals surface area contributed by atoms with Gasteiger partial charge in [-0.1, -0.05) is 0 Å². The summed E-state index contributed by atoms with van der Waals surface area (Å²) in [6, 6.07) is 0. The van der Waals surface area contributed by atoms with Gasteiger partial charge in [0.05, 0.1) is 0 Å². The molecule has 5 nitrogen and oxygen atoms in total. The Balaban J connectivity index is 3.59. The number of esters is 1. The van der Waals surface area contributed by atoms with E-state index in [2.05, 4.69) is 0 Å². The standard InChI is InChI=1S/C9H18N2O3/c1-7(12)3-2-4-9(13)14-8(5-10)6-11/h8H,2-6,10-11H2,1H3. The molecule has 0 bridgehead atoms. The van der Waals surface area contributed by atoms with Crippen molar-refractivity contribution >= 4 is 11.8 Å². The number of hydrogen-bond acceptors (Lipinski definition) is 5. The van der Waals surface area contributed by atoms with Crippen LogP contribution in [0.2, 0.25) is 0 Å². The number of ketones is 1. The normalized spacial score (nSPS) is 10.3. The van der Waals surface area contributed by atoms with Gasteiger partial charge in [-0.05, 0) is 13.3 Å². The van der Waals surface area contributed by atoms with E-state index in [9.17, 15) is 9.59 Å². The number of ether oxygens (including phenoxy) is 1. The molecule has 4 N–H and O–H groups in total. The molecule has 0 spiro atoms. The molecule has 0 aliphatic rings. The van der Waals surface area contributed by atoms with Crippen LogP contribution in [-0.4, -0.2) is 30.9 Å². The molecule has 0 aliphatic carbocycles. The molecule has 14 heavy (non-hydrogen) atoms. The van der Waals surface area contributed by atoms with E-state index in [-0.39, 0.29) is 31.3 Å². The Morgan fingerprint density at radius 2 is 1.79 bits per heavy atom. The molecule has 0 fully saturated rings. The minimum atomic E-state index is -0.403. The summed E-state index contributed by atoms with van der Waals surface area (Å²) in [4.78, 5) is 21.7. The van der Waals surface area contributed by atoms with Crippen molar-refractivity contribution in [2.75, 3.05) is 13.1 Å². The Hall–Kier alpha value is -0.940. The summed E-state index contributed by atoms with van der Waals surface area (Å²) in [7, 11) is 0. The van der Waals surface area contributed by atoms with Crippen LogP contribution in [0.25, 0.3) is 0 Å². The lowest BCUT2D eigenvalue weighted by atomic mass is 10.2. The van der Waals surface area contributed by atoms with E-state index < -0.39 is 6.10 Å². The van der Waals surface area contributed by atoms with Gasteiger partial charge in [0.15, 0.2) is 0 Å². The van der Waals surface area contributed by atoms with E-state index in [0.29, 0.717) is 12.8 Å². The molecule has 0 aliphatic heterocycles. The SMILES string of the molecule is CC(=O)CCCC(=O)OC(CN)CN. The highest BCUT2D eigenvalue weighted by molar-refractivity contribution is 5.76. The van der Waals surface area contributed by atoms with Crippen molar-refractivity contribution in [3.63, 3.8) is 0 Å². The number of Topliss-reactive ketones (excluding diaryl/α,β-unsaturated/α-hetero) is 1. The van der Waals surface area contributed by atoms with Crippen molar-refractivity contribution in [2.24, 2.45) is 11.5 Å². The topological polar surface area (TPSA) is 95.4 Å². The fraction of sp³-hybridized carbons (Fsp3) is 0.778. The first-order chi connectivity index (χ1) is 6.60. The van der Waals surface area contributed by atoms with Crippen LogP contribution in [0.15, 0.2) is 0 Å². The van der Waals surface area contributed by atoms with Crippen molar-refractivity contribution in [2.45, 2.75) is 32.3 Å². The van der Waals surface area contributed by atoms with Crippen molar-refractivity contribution in [3.05, 3.63) is 0 Å². The lowest BCUT2D eigenvalue weighted by Crippen LogP contribution is -2.33. The number of nitrogens with two attached hydrogens (primary N) is 2. The molecule has 82 valence electrons. The predicted molar refractivity (Wildman–Crippen MR) is 52.5 cm³/mol. The number of hydrogen-bond donors (Lipinski definition) is 2. The van der Waals surface area contributed by atoms with E-state index in [0.717, 1.165) is 0 Å². The average Bonchev–Trinajstić information content (AvgIpc) is 2.13. The second-order valence-corrected chi connectivity index (χ2v) is 3.14. The molecule has 0 rings (SSSR count). The monoisotopic (exact) mass is 202 g/mol. The second kappa shape index (κ2) is 7.46. The molecule has 0 aromatic heterocycles. The second-order valence-electron chi connectivity index (χ2n) is 3.14. The summed E-state index contributed by atoms with van der Waals surface area (Å²) >= 11 is 0. The molecule has 0 saturated heterocycles. The molecule has 0 aromatic rings. The van der Waals surface area contributed by atoms with Gasteiger partial charge in [0, 0.05) is 25.9 Å². The predicted octanol–water partition coefficient (Wildman–Crippen LogP) is -0.425. The first-order valence-electron chi connectivity index (χ1n) is 4.69. The summed E-state index contributed by atoms with van der Waals surface area (Å²) in [5.74, 6) is -0.265. The molecular weight excluding hydrogens is 184 g/mol. The van der Waals surface area contributed by atoms with Gasteiger partial charge in [-0.15, -0.1) is 0 Å². The Morgan fingerprint density at radius 1 is 1.21 bits per heavy atom. The third-order valence-corrected chi connectivity index (χ3v) is 1.73. The van der Waals surface area contributed by atoms with Crippen molar-refractivity contribution in [1.82, 2.24) is 0 Å². The minimum absolute atomic E-state index is 0.0759. The highest BCUT2D eigenvalue weighted by Gasteiger charge is 2.10. The molecule has 0 aromatic carbocycles. The zero-order valence-electron chi connectivity index (χ0n) is 8.49.